The first-order valence-corrected chi connectivity index (χ1v) is 7.77. The molecule has 0 aliphatic rings. The zero-order valence-electron chi connectivity index (χ0n) is 14.0. The molecule has 2 rings (SSSR count). The van der Waals surface area contributed by atoms with Gasteiger partial charge in [0.05, 0.1) is 5.56 Å². The first-order valence-electron chi connectivity index (χ1n) is 7.77. The standard InChI is InChI=1S/C17H21N3O4/c1-4-20-9-13(12-7-5-6-8-14(12)20)16(22)24-10-15(21)19-17(23)18-11(2)3/h5-9,11H,4,10H2,1-3H3,(H2,18,19,21,23). The quantitative estimate of drug-likeness (QED) is 0.821. The third-order valence-electron chi connectivity index (χ3n) is 3.36. The Morgan fingerprint density at radius 2 is 1.92 bits per heavy atom. The first kappa shape index (κ1) is 17.5. The summed E-state index contributed by atoms with van der Waals surface area (Å²) in [4.78, 5) is 35.3. The van der Waals surface area contributed by atoms with Gasteiger partial charge in [0.15, 0.2) is 6.61 Å². The van der Waals surface area contributed by atoms with Crippen LogP contribution in [0, 0.1) is 0 Å². The van der Waals surface area contributed by atoms with Crippen molar-refractivity contribution in [3.63, 3.8) is 0 Å². The molecule has 2 aromatic rings. The number of nitrogens with zero attached hydrogens (tertiary/aromatic N) is 1. The zero-order chi connectivity index (χ0) is 17.7. The number of para-hydroxylation sites is 1. The molecule has 1 aromatic heterocycles. The summed E-state index contributed by atoms with van der Waals surface area (Å²) in [7, 11) is 0. The van der Waals surface area contributed by atoms with E-state index in [4.69, 9.17) is 4.74 Å². The highest BCUT2D eigenvalue weighted by Gasteiger charge is 2.17. The van der Waals surface area contributed by atoms with E-state index in [-0.39, 0.29) is 6.04 Å². The predicted molar refractivity (Wildman–Crippen MR) is 89.7 cm³/mol. The van der Waals surface area contributed by atoms with Crippen molar-refractivity contribution in [1.29, 1.82) is 0 Å². The lowest BCUT2D eigenvalue weighted by Crippen LogP contribution is -2.44. The maximum Gasteiger partial charge on any atom is 0.340 e. The second-order valence-corrected chi connectivity index (χ2v) is 5.60. The molecular formula is C17H21N3O4. The number of benzene rings is 1. The van der Waals surface area contributed by atoms with E-state index in [0.717, 1.165) is 10.9 Å². The van der Waals surface area contributed by atoms with Crippen LogP contribution in [0.25, 0.3) is 10.9 Å². The average Bonchev–Trinajstić information content (AvgIpc) is 2.90. The predicted octanol–water partition coefficient (Wildman–Crippen LogP) is 2.05. The molecule has 128 valence electrons. The van der Waals surface area contributed by atoms with Crippen molar-refractivity contribution in [2.45, 2.75) is 33.4 Å². The third kappa shape index (κ3) is 4.13. The number of urea groups is 1. The lowest BCUT2D eigenvalue weighted by Gasteiger charge is -2.09. The molecule has 7 heteroatoms. The van der Waals surface area contributed by atoms with Crippen molar-refractivity contribution < 1.29 is 19.1 Å². The van der Waals surface area contributed by atoms with Crippen molar-refractivity contribution in [2.75, 3.05) is 6.61 Å². The maximum atomic E-state index is 12.2. The van der Waals surface area contributed by atoms with Crippen LogP contribution in [0.15, 0.2) is 30.5 Å². The van der Waals surface area contributed by atoms with Crippen LogP contribution >= 0.6 is 0 Å². The third-order valence-corrected chi connectivity index (χ3v) is 3.36. The van der Waals surface area contributed by atoms with Gasteiger partial charge in [0.1, 0.15) is 0 Å². The Morgan fingerprint density at radius 1 is 1.21 bits per heavy atom. The normalized spacial score (nSPS) is 10.7. The van der Waals surface area contributed by atoms with Gasteiger partial charge in [-0.1, -0.05) is 18.2 Å². The number of hydrogen-bond donors (Lipinski definition) is 2. The molecule has 0 fully saturated rings. The number of imide groups is 1. The van der Waals surface area contributed by atoms with Gasteiger partial charge in [-0.05, 0) is 26.8 Å². The smallest absolute Gasteiger partial charge is 0.340 e. The number of carbonyl (C=O) groups excluding carboxylic acids is 3. The summed E-state index contributed by atoms with van der Waals surface area (Å²) in [6.45, 7) is 5.71. The first-order chi connectivity index (χ1) is 11.4. The van der Waals surface area contributed by atoms with E-state index in [2.05, 4.69) is 10.6 Å². The van der Waals surface area contributed by atoms with Gasteiger partial charge in [-0.15, -0.1) is 0 Å². The molecule has 0 saturated heterocycles. The van der Waals surface area contributed by atoms with E-state index < -0.39 is 24.5 Å². The molecule has 0 aliphatic heterocycles. The molecule has 0 spiro atoms. The fourth-order valence-electron chi connectivity index (χ4n) is 2.34. The van der Waals surface area contributed by atoms with E-state index in [9.17, 15) is 14.4 Å². The second-order valence-electron chi connectivity index (χ2n) is 5.60. The molecule has 0 bridgehead atoms. The summed E-state index contributed by atoms with van der Waals surface area (Å²) in [6.07, 6.45) is 1.70. The zero-order valence-corrected chi connectivity index (χ0v) is 14.0. The van der Waals surface area contributed by atoms with Crippen LogP contribution in [0.5, 0.6) is 0 Å². The topological polar surface area (TPSA) is 89.4 Å². The van der Waals surface area contributed by atoms with Gasteiger partial charge in [0.2, 0.25) is 0 Å². The lowest BCUT2D eigenvalue weighted by atomic mass is 10.2. The molecular weight excluding hydrogens is 310 g/mol. The number of esters is 1. The Hall–Kier alpha value is -2.83. The summed E-state index contributed by atoms with van der Waals surface area (Å²) < 4.78 is 6.95. The second kappa shape index (κ2) is 7.63. The Bertz CT molecular complexity index is 764. The minimum atomic E-state index is -0.680. The minimum Gasteiger partial charge on any atom is -0.452 e. The van der Waals surface area contributed by atoms with Crippen molar-refractivity contribution in [1.82, 2.24) is 15.2 Å². The van der Waals surface area contributed by atoms with Crippen LogP contribution in [-0.4, -0.2) is 35.1 Å². The number of aromatic nitrogens is 1. The van der Waals surface area contributed by atoms with Crippen LogP contribution in [0.4, 0.5) is 4.79 Å². The Morgan fingerprint density at radius 3 is 2.58 bits per heavy atom. The fourth-order valence-corrected chi connectivity index (χ4v) is 2.34. The number of carbonyl (C=O) groups is 3. The van der Waals surface area contributed by atoms with Crippen LogP contribution in [0.3, 0.4) is 0 Å². The van der Waals surface area contributed by atoms with Gasteiger partial charge in [-0.2, -0.15) is 0 Å². The van der Waals surface area contributed by atoms with Crippen molar-refractivity contribution in [3.05, 3.63) is 36.0 Å². The van der Waals surface area contributed by atoms with Gasteiger partial charge < -0.3 is 14.6 Å². The van der Waals surface area contributed by atoms with E-state index in [1.54, 1.807) is 20.0 Å². The fraction of sp³-hybridized carbons (Fsp3) is 0.353. The Balaban J connectivity index is 2.01. The number of aryl methyl sites for hydroxylation is 1. The summed E-state index contributed by atoms with van der Waals surface area (Å²) >= 11 is 0. The number of amides is 3. The molecule has 0 saturated carbocycles. The molecule has 7 nitrogen and oxygen atoms in total. The summed E-state index contributed by atoms with van der Waals surface area (Å²) in [6, 6.07) is 6.76. The van der Waals surface area contributed by atoms with E-state index >= 15 is 0 Å². The van der Waals surface area contributed by atoms with E-state index in [0.29, 0.717) is 12.1 Å². The number of nitrogens with one attached hydrogen (secondary N) is 2. The van der Waals surface area contributed by atoms with Crippen molar-refractivity contribution in [3.8, 4) is 0 Å². The highest BCUT2D eigenvalue weighted by Crippen LogP contribution is 2.21. The largest absolute Gasteiger partial charge is 0.452 e. The molecule has 0 atom stereocenters. The van der Waals surface area contributed by atoms with Crippen molar-refractivity contribution in [2.24, 2.45) is 0 Å². The highest BCUT2D eigenvalue weighted by molar-refractivity contribution is 6.05. The van der Waals surface area contributed by atoms with Gasteiger partial charge in [0.25, 0.3) is 5.91 Å². The molecule has 24 heavy (non-hydrogen) atoms. The highest BCUT2D eigenvalue weighted by atomic mass is 16.5. The van der Waals surface area contributed by atoms with Crippen LogP contribution in [0.1, 0.15) is 31.1 Å². The van der Waals surface area contributed by atoms with Gasteiger partial charge in [-0.3, -0.25) is 10.1 Å². The summed E-state index contributed by atoms with van der Waals surface area (Å²) in [5.41, 5.74) is 1.32. The molecule has 2 N–H and O–H groups in total. The Labute approximate surface area is 140 Å². The molecule has 3 amide bonds. The van der Waals surface area contributed by atoms with Gasteiger partial charge >= 0.3 is 12.0 Å². The molecule has 1 aromatic carbocycles. The van der Waals surface area contributed by atoms with Crippen molar-refractivity contribution >= 4 is 28.8 Å². The summed E-state index contributed by atoms with van der Waals surface area (Å²) in [5, 5.41) is 5.38. The molecule has 1 heterocycles. The minimum absolute atomic E-state index is 0.0967. The number of fused-ring (bicyclic) bond motifs is 1. The van der Waals surface area contributed by atoms with Gasteiger partial charge in [-0.25, -0.2) is 9.59 Å². The number of rotatable bonds is 5. The SMILES string of the molecule is CCn1cc(C(=O)OCC(=O)NC(=O)NC(C)C)c2ccccc21. The monoisotopic (exact) mass is 331 g/mol. The molecule has 0 unspecified atom stereocenters. The van der Waals surface area contributed by atoms with Crippen LogP contribution < -0.4 is 10.6 Å². The van der Waals surface area contributed by atoms with E-state index in [1.807, 2.05) is 35.8 Å². The Kier molecular flexibility index (Phi) is 5.57. The maximum absolute atomic E-state index is 12.2. The number of hydrogen-bond acceptors (Lipinski definition) is 4. The summed E-state index contributed by atoms with van der Waals surface area (Å²) in [5.74, 6) is -1.28. The van der Waals surface area contributed by atoms with Crippen LogP contribution in [0.2, 0.25) is 0 Å². The average molecular weight is 331 g/mol. The molecule has 0 aliphatic carbocycles. The van der Waals surface area contributed by atoms with E-state index in [1.165, 1.54) is 0 Å². The number of ether oxygens (including phenoxy) is 1. The molecule has 0 radical (unpaired) electrons. The van der Waals surface area contributed by atoms with Crippen LogP contribution in [-0.2, 0) is 16.1 Å². The lowest BCUT2D eigenvalue weighted by molar-refractivity contribution is -0.123. The van der Waals surface area contributed by atoms with Gasteiger partial charge in [0, 0.05) is 29.7 Å².